The van der Waals surface area contributed by atoms with Gasteiger partial charge in [0.1, 0.15) is 0 Å². The second-order valence-electron chi connectivity index (χ2n) is 4.48. The molecule has 1 amide bonds. The van der Waals surface area contributed by atoms with Gasteiger partial charge in [-0.05, 0) is 32.2 Å². The highest BCUT2D eigenvalue weighted by atomic mass is 16.1. The van der Waals surface area contributed by atoms with Crippen LogP contribution in [0.25, 0.3) is 0 Å². The summed E-state index contributed by atoms with van der Waals surface area (Å²) in [5.41, 5.74) is 0. The topological polar surface area (TPSA) is 41.1 Å². The molecule has 2 aliphatic heterocycles. The van der Waals surface area contributed by atoms with E-state index in [4.69, 9.17) is 0 Å². The van der Waals surface area contributed by atoms with Crippen molar-refractivity contribution < 1.29 is 4.79 Å². The van der Waals surface area contributed by atoms with Crippen molar-refractivity contribution >= 4 is 5.91 Å². The molecule has 2 aliphatic rings. The molecule has 0 aromatic rings. The molecule has 80 valence electrons. The molecule has 2 saturated heterocycles. The Morgan fingerprint density at radius 3 is 2.57 bits per heavy atom. The smallest absolute Gasteiger partial charge is 0.220 e. The van der Waals surface area contributed by atoms with Gasteiger partial charge in [0, 0.05) is 18.5 Å². The van der Waals surface area contributed by atoms with E-state index in [-0.39, 0.29) is 5.91 Å². The van der Waals surface area contributed by atoms with Crippen molar-refractivity contribution in [3.63, 3.8) is 0 Å². The number of nitrogens with one attached hydrogen (secondary N) is 2. The Morgan fingerprint density at radius 1 is 1.00 bits per heavy atom. The number of carbonyl (C=O) groups excluding carboxylic acids is 1. The molecule has 0 spiro atoms. The van der Waals surface area contributed by atoms with E-state index >= 15 is 0 Å². The maximum absolute atomic E-state index is 11.4. The zero-order valence-corrected chi connectivity index (χ0v) is 8.72. The largest absolute Gasteiger partial charge is 0.352 e. The van der Waals surface area contributed by atoms with Gasteiger partial charge in [0.15, 0.2) is 0 Å². The van der Waals surface area contributed by atoms with Crippen molar-refractivity contribution in [2.45, 2.75) is 57.0 Å². The van der Waals surface area contributed by atoms with E-state index in [9.17, 15) is 4.79 Å². The maximum Gasteiger partial charge on any atom is 0.220 e. The Bertz CT molecular complexity index is 199. The molecule has 2 rings (SSSR count). The fourth-order valence-electron chi connectivity index (χ4n) is 2.52. The zero-order valence-electron chi connectivity index (χ0n) is 8.72. The van der Waals surface area contributed by atoms with Gasteiger partial charge in [0.2, 0.25) is 5.91 Å². The standard InChI is InChI=1S/C11H20N2O/c14-11-7-2-1-6-10(13-11)9-5-3-4-8-12-9/h9-10,12H,1-8H2,(H,13,14)/t9-,10-/m0/s1. The van der Waals surface area contributed by atoms with Crippen LogP contribution in [0, 0.1) is 0 Å². The van der Waals surface area contributed by atoms with Crippen molar-refractivity contribution in [3.8, 4) is 0 Å². The van der Waals surface area contributed by atoms with Crippen LogP contribution in [0.4, 0.5) is 0 Å². The van der Waals surface area contributed by atoms with Crippen LogP contribution in [0.1, 0.15) is 44.9 Å². The monoisotopic (exact) mass is 196 g/mol. The minimum atomic E-state index is 0.250. The quantitative estimate of drug-likeness (QED) is 0.661. The molecule has 2 atom stereocenters. The maximum atomic E-state index is 11.4. The third kappa shape index (κ3) is 2.47. The van der Waals surface area contributed by atoms with Gasteiger partial charge in [0.05, 0.1) is 0 Å². The summed E-state index contributed by atoms with van der Waals surface area (Å²) in [6.45, 7) is 1.12. The Balaban J connectivity index is 1.90. The summed E-state index contributed by atoms with van der Waals surface area (Å²) in [6.07, 6.45) is 7.97. The Kier molecular flexibility index (Phi) is 3.40. The minimum absolute atomic E-state index is 0.250. The summed E-state index contributed by atoms with van der Waals surface area (Å²) >= 11 is 0. The summed E-state index contributed by atoms with van der Waals surface area (Å²) in [7, 11) is 0. The molecule has 14 heavy (non-hydrogen) atoms. The molecule has 0 aliphatic carbocycles. The molecule has 3 heteroatoms. The van der Waals surface area contributed by atoms with Crippen LogP contribution in [0.2, 0.25) is 0 Å². The average Bonchev–Trinajstić information content (AvgIpc) is 2.44. The highest BCUT2D eigenvalue weighted by molar-refractivity contribution is 5.76. The number of amides is 1. The summed E-state index contributed by atoms with van der Waals surface area (Å²) in [5, 5.41) is 6.67. The van der Waals surface area contributed by atoms with E-state index in [0.717, 1.165) is 25.8 Å². The minimum Gasteiger partial charge on any atom is -0.352 e. The lowest BCUT2D eigenvalue weighted by molar-refractivity contribution is -0.121. The second-order valence-corrected chi connectivity index (χ2v) is 4.48. The molecule has 0 aromatic heterocycles. The van der Waals surface area contributed by atoms with Crippen molar-refractivity contribution in [1.82, 2.24) is 10.6 Å². The van der Waals surface area contributed by atoms with Crippen molar-refractivity contribution in [2.24, 2.45) is 0 Å². The van der Waals surface area contributed by atoms with Crippen molar-refractivity contribution in [3.05, 3.63) is 0 Å². The van der Waals surface area contributed by atoms with Crippen LogP contribution in [-0.4, -0.2) is 24.5 Å². The summed E-state index contributed by atoms with van der Waals surface area (Å²) in [4.78, 5) is 11.4. The lowest BCUT2D eigenvalue weighted by Gasteiger charge is -2.31. The molecule has 2 fully saturated rings. The summed E-state index contributed by atoms with van der Waals surface area (Å²) < 4.78 is 0. The van der Waals surface area contributed by atoms with E-state index in [0.29, 0.717) is 12.1 Å². The van der Waals surface area contributed by atoms with E-state index < -0.39 is 0 Å². The number of carbonyl (C=O) groups is 1. The van der Waals surface area contributed by atoms with Gasteiger partial charge in [0.25, 0.3) is 0 Å². The van der Waals surface area contributed by atoms with Crippen molar-refractivity contribution in [2.75, 3.05) is 6.54 Å². The number of piperidine rings is 1. The normalized spacial score (nSPS) is 34.7. The van der Waals surface area contributed by atoms with Gasteiger partial charge in [-0.2, -0.15) is 0 Å². The van der Waals surface area contributed by atoms with Gasteiger partial charge >= 0.3 is 0 Å². The van der Waals surface area contributed by atoms with Gasteiger partial charge < -0.3 is 10.6 Å². The lowest BCUT2D eigenvalue weighted by Crippen LogP contribution is -2.50. The first-order chi connectivity index (χ1) is 6.86. The highest BCUT2D eigenvalue weighted by Crippen LogP contribution is 2.17. The summed E-state index contributed by atoms with van der Waals surface area (Å²) in [6, 6.07) is 0.927. The number of hydrogen-bond acceptors (Lipinski definition) is 2. The molecular formula is C11H20N2O. The predicted octanol–water partition coefficient (Wildman–Crippen LogP) is 1.19. The fraction of sp³-hybridized carbons (Fsp3) is 0.909. The third-order valence-electron chi connectivity index (χ3n) is 3.35. The highest BCUT2D eigenvalue weighted by Gasteiger charge is 2.25. The van der Waals surface area contributed by atoms with Crippen LogP contribution in [0.15, 0.2) is 0 Å². The average molecular weight is 196 g/mol. The SMILES string of the molecule is O=C1CCCC[C@@H]([C@@H]2CCCCN2)N1. The molecule has 0 saturated carbocycles. The second kappa shape index (κ2) is 4.78. The number of rotatable bonds is 1. The fourth-order valence-corrected chi connectivity index (χ4v) is 2.52. The molecule has 2 N–H and O–H groups in total. The van der Waals surface area contributed by atoms with Crippen LogP contribution in [-0.2, 0) is 4.79 Å². The summed E-state index contributed by atoms with van der Waals surface area (Å²) in [5.74, 6) is 0.250. The Labute approximate surface area is 85.6 Å². The molecular weight excluding hydrogens is 176 g/mol. The van der Waals surface area contributed by atoms with Gasteiger partial charge in [-0.25, -0.2) is 0 Å². The first-order valence-corrected chi connectivity index (χ1v) is 5.89. The Hall–Kier alpha value is -0.570. The molecule has 0 radical (unpaired) electrons. The molecule has 0 aromatic carbocycles. The van der Waals surface area contributed by atoms with Crippen molar-refractivity contribution in [1.29, 1.82) is 0 Å². The zero-order chi connectivity index (χ0) is 9.80. The third-order valence-corrected chi connectivity index (χ3v) is 3.35. The van der Waals surface area contributed by atoms with E-state index in [1.54, 1.807) is 0 Å². The van der Waals surface area contributed by atoms with Crippen LogP contribution < -0.4 is 10.6 Å². The van der Waals surface area contributed by atoms with Gasteiger partial charge in [-0.1, -0.05) is 12.8 Å². The molecule has 0 bridgehead atoms. The predicted molar refractivity (Wildman–Crippen MR) is 56.0 cm³/mol. The van der Waals surface area contributed by atoms with E-state index in [1.165, 1.54) is 25.7 Å². The Morgan fingerprint density at radius 2 is 1.79 bits per heavy atom. The van der Waals surface area contributed by atoms with E-state index in [2.05, 4.69) is 10.6 Å². The van der Waals surface area contributed by atoms with Crippen LogP contribution in [0.5, 0.6) is 0 Å². The number of hydrogen-bond donors (Lipinski definition) is 2. The van der Waals surface area contributed by atoms with Crippen LogP contribution in [0.3, 0.4) is 0 Å². The van der Waals surface area contributed by atoms with E-state index in [1.807, 2.05) is 0 Å². The lowest BCUT2D eigenvalue weighted by atomic mass is 9.95. The van der Waals surface area contributed by atoms with Gasteiger partial charge in [-0.15, -0.1) is 0 Å². The first kappa shape index (κ1) is 9.97. The molecule has 0 unspecified atom stereocenters. The molecule has 3 nitrogen and oxygen atoms in total. The molecule has 2 heterocycles. The van der Waals surface area contributed by atoms with Gasteiger partial charge in [-0.3, -0.25) is 4.79 Å². The van der Waals surface area contributed by atoms with Crippen LogP contribution >= 0.6 is 0 Å². The first-order valence-electron chi connectivity index (χ1n) is 5.89.